The van der Waals surface area contributed by atoms with Crippen LogP contribution in [0, 0.1) is 69.4 Å². The van der Waals surface area contributed by atoms with E-state index in [1.165, 1.54) is 124 Å². The van der Waals surface area contributed by atoms with E-state index < -0.39 is 88.3 Å². The Labute approximate surface area is 760 Å². The van der Waals surface area contributed by atoms with Crippen LogP contribution >= 0.6 is 0 Å². The number of sulfonamides is 3. The average Bonchev–Trinajstić information content (AvgIpc) is 1.58. The van der Waals surface area contributed by atoms with Crippen molar-refractivity contribution in [2.24, 2.45) is 35.5 Å². The maximum Gasteiger partial charge on any atom is 0.416 e. The van der Waals surface area contributed by atoms with Gasteiger partial charge in [-0.25, -0.2) is 73.1 Å². The lowest BCUT2D eigenvalue weighted by molar-refractivity contribution is -0.0253. The van der Waals surface area contributed by atoms with Crippen LogP contribution < -0.4 is 32.5 Å². The summed E-state index contributed by atoms with van der Waals surface area (Å²) in [5, 5.41) is 28.2. The van der Waals surface area contributed by atoms with Gasteiger partial charge in [-0.05, 0) is 171 Å². The number of anilines is 4. The number of nitrogens with one attached hydrogen (secondary N) is 6. The summed E-state index contributed by atoms with van der Waals surface area (Å²) >= 11 is -2.36. The number of esters is 2. The molecule has 1 aliphatic heterocycles. The van der Waals surface area contributed by atoms with E-state index in [0.29, 0.717) is 34.6 Å². The maximum atomic E-state index is 14.4. The van der Waals surface area contributed by atoms with Crippen LogP contribution in [0.5, 0.6) is 29.0 Å². The summed E-state index contributed by atoms with van der Waals surface area (Å²) in [6, 6.07) is 27.8. The number of unbranched alkanes of at least 4 members (excludes halogenated alkanes) is 9. The summed E-state index contributed by atoms with van der Waals surface area (Å²) in [6.45, 7) is 44.5. The minimum atomic E-state index is -4.46. The number of benzene rings is 6. The van der Waals surface area contributed by atoms with Crippen molar-refractivity contribution in [2.75, 3.05) is 64.0 Å². The van der Waals surface area contributed by atoms with Gasteiger partial charge in [0.2, 0.25) is 21.8 Å². The van der Waals surface area contributed by atoms with E-state index in [1.807, 2.05) is 33.8 Å². The number of phenols is 2. The Balaban J connectivity index is 0.000000236. The molecule has 2 saturated carbocycles. The molecule has 2 aliphatic carbocycles. The number of rotatable bonds is 35. The Morgan fingerprint density at radius 2 is 1.09 bits per heavy atom. The van der Waals surface area contributed by atoms with Gasteiger partial charge in [0.25, 0.3) is 31.4 Å². The van der Waals surface area contributed by atoms with Crippen molar-refractivity contribution in [3.8, 4) is 51.8 Å². The van der Waals surface area contributed by atoms with Gasteiger partial charge in [-0.3, -0.25) is 29.1 Å². The summed E-state index contributed by atoms with van der Waals surface area (Å²) in [4.78, 5) is 74.8. The molecular weight excluding hydrogens is 1750 g/mol. The number of hydrogen-bond donors (Lipinski definition) is 8. The van der Waals surface area contributed by atoms with Gasteiger partial charge in [0.15, 0.2) is 34.4 Å². The minimum Gasteiger partial charge on any atom is -0.507 e. The zero-order valence-corrected chi connectivity index (χ0v) is 77.7. The van der Waals surface area contributed by atoms with Crippen molar-refractivity contribution in [3.63, 3.8) is 0 Å². The number of aromatic nitrogens is 6. The number of phenolic OH excluding ortho intramolecular Hbond substituents is 2. The second-order valence-corrected chi connectivity index (χ2v) is 40.0. The number of hydrogen-bond acceptors (Lipinski definition) is 21. The van der Waals surface area contributed by atoms with Crippen molar-refractivity contribution < 1.29 is 86.7 Å². The Hall–Kier alpha value is -12.4. The van der Waals surface area contributed by atoms with E-state index in [2.05, 4.69) is 72.7 Å². The zero-order valence-electron chi connectivity index (χ0n) is 74.5. The fourth-order valence-electron chi connectivity index (χ4n) is 17.3. The van der Waals surface area contributed by atoms with Crippen molar-refractivity contribution in [2.45, 2.75) is 181 Å². The quantitative estimate of drug-likeness (QED) is 0.00791. The molecule has 8 N–H and O–H groups in total. The molecular formula is C93H112N14O19S4. The summed E-state index contributed by atoms with van der Waals surface area (Å²) in [7, 11) is -12.7. The molecule has 33 nitrogen and oxygen atoms in total. The average molecular weight is 1860 g/mol. The highest BCUT2D eigenvalue weighted by Crippen LogP contribution is 2.46. The largest absolute Gasteiger partial charge is 0.507 e. The molecule has 10 aromatic rings. The summed E-state index contributed by atoms with van der Waals surface area (Å²) in [5.41, 5.74) is 0.596. The van der Waals surface area contributed by atoms with E-state index in [1.54, 1.807) is 63.2 Å². The first-order chi connectivity index (χ1) is 62.0. The van der Waals surface area contributed by atoms with Crippen molar-refractivity contribution in [1.29, 1.82) is 0 Å². The molecule has 0 bridgehead atoms. The first kappa shape index (κ1) is 96.7. The molecule has 3 aliphatic rings. The van der Waals surface area contributed by atoms with Gasteiger partial charge in [0.05, 0.1) is 59.8 Å². The van der Waals surface area contributed by atoms with Gasteiger partial charge in [-0.2, -0.15) is 4.21 Å². The number of morpholine rings is 1. The molecule has 6 aromatic carbocycles. The number of nitrogens with zero attached hydrogens (tertiary/aromatic N) is 8. The molecule has 692 valence electrons. The van der Waals surface area contributed by atoms with Crippen LogP contribution in [0.4, 0.5) is 43.7 Å². The molecule has 0 radical (unpaired) electrons. The first-order valence-corrected chi connectivity index (χ1v) is 49.2. The zero-order chi connectivity index (χ0) is 93.6. The maximum absolute atomic E-state index is 14.4. The third kappa shape index (κ3) is 23.0. The van der Waals surface area contributed by atoms with Crippen LogP contribution in [0.1, 0.15) is 176 Å². The number of H-pyrrole nitrogens is 2. The molecule has 5 heterocycles. The Bertz CT molecular complexity index is 6320. The number of ether oxygens (including phenoxy) is 5. The third-order valence-electron chi connectivity index (χ3n) is 23.4. The monoisotopic (exact) mass is 1860 g/mol. The fraction of sp³-hybridized carbons (Fsp3) is 0.419. The van der Waals surface area contributed by atoms with Gasteiger partial charge in [-0.15, -0.1) is 13.2 Å². The Morgan fingerprint density at radius 3 is 1.65 bits per heavy atom. The van der Waals surface area contributed by atoms with Crippen LogP contribution in [-0.2, 0) is 55.5 Å². The van der Waals surface area contributed by atoms with Crippen molar-refractivity contribution in [3.05, 3.63) is 185 Å². The van der Waals surface area contributed by atoms with Crippen molar-refractivity contribution >= 4 is 122 Å². The third-order valence-corrected chi connectivity index (χ3v) is 28.3. The Morgan fingerprint density at radius 1 is 0.600 bits per heavy atom. The summed E-state index contributed by atoms with van der Waals surface area (Å²) in [5.74, 6) is -2.37. The van der Waals surface area contributed by atoms with Gasteiger partial charge >= 0.3 is 35.4 Å². The van der Waals surface area contributed by atoms with Gasteiger partial charge in [0.1, 0.15) is 34.0 Å². The lowest BCUT2D eigenvalue weighted by atomic mass is 9.75. The van der Waals surface area contributed by atoms with E-state index in [0.717, 1.165) is 56.9 Å². The molecule has 37 heteroatoms. The van der Waals surface area contributed by atoms with Crippen LogP contribution in [0.3, 0.4) is 0 Å². The number of fused-ring (bicyclic) bond motifs is 3. The summed E-state index contributed by atoms with van der Waals surface area (Å²) in [6.07, 6.45) is 14.1. The SMILES string of the molecule is [C-]#[N+]c1c(C(=O)OC2C(C)CC(C)CC2C)c2nc(-c3cc(NS(=O)(=O)CCCCCCCCCCCC)cc(NS(=O)(=O)c4cccc5ccccc45)c3)[nH]n2c1OC(=O)N(CC=C)CC=C.[C-]#[N+]c1c(C(=O)OC2C(C)CC(C)CC2C)c2nc(-c3cc(NS(=O)Oc4cc(C)ccc4O)c(C)c(NS(=O)(=O)c4cc(C)ccc4O)c3)[nH]n2c1OC(=O)N1CCOCC1. The smallest absolute Gasteiger partial charge is 0.416 e. The predicted molar refractivity (Wildman–Crippen MR) is 498 cm³/mol. The standard InChI is InChI=1S/C51H65N7O8S2.C42H47N7O11S2/c1-8-11-12-13-14-15-16-17-18-21-29-67(61,62)55-40-32-39(33-41(34-40)56-68(63,64)43-26-22-24-38-23-19-20-25-42(38)43)47-53-48-44(50(59)65-46-36(5)30-35(4)31-37(46)6)45(52-7)49(58(48)54-47)66-51(60)57(27-9-2)28-10-3;1-22-8-10-31(50)33(18-22)60-61(54)46-29-20-28(21-30(27(29)6)47-62(55,56)34-19-23(2)9-11-32(34)51)38-44-39-35(41(52)58-37-25(4)16-24(3)17-26(37)5)36(43-7)40(49(39)45-38)59-42(53)48-12-14-57-15-13-48/h9-10,19-20,22-26,32-37,46,55-56H,2-3,8,11-18,21,27-31H2,1,4-6H3,(H,53,54);8-11,18-21,24-26,37,46-47,50-51H,12-17H2,1-6H3,(H,44,45). The number of carbonyl (C=O) groups excluding carboxylic acids is 4. The van der Waals surface area contributed by atoms with Crippen LogP contribution in [-0.4, -0.2) is 160 Å². The molecule has 5 atom stereocenters. The molecule has 4 aromatic heterocycles. The van der Waals surface area contributed by atoms with E-state index in [4.69, 9.17) is 51.0 Å². The number of aromatic hydroxyl groups is 2. The van der Waals surface area contributed by atoms with E-state index in [9.17, 15) is 58.9 Å². The number of aryl methyl sites for hydroxylation is 2. The lowest BCUT2D eigenvalue weighted by Gasteiger charge is -2.37. The van der Waals surface area contributed by atoms with E-state index in [-0.39, 0.29) is 182 Å². The van der Waals surface area contributed by atoms with Crippen LogP contribution in [0.25, 0.3) is 54.5 Å². The normalized spacial score (nSPS) is 18.4. The molecule has 2 amide bonds. The van der Waals surface area contributed by atoms with Gasteiger partial charge in [-0.1, -0.05) is 167 Å². The van der Waals surface area contributed by atoms with Crippen molar-refractivity contribution in [1.82, 2.24) is 39.0 Å². The van der Waals surface area contributed by atoms with E-state index >= 15 is 0 Å². The first-order valence-electron chi connectivity index (χ1n) is 43.5. The lowest BCUT2D eigenvalue weighted by Crippen LogP contribution is -2.42. The minimum absolute atomic E-state index is 0.000257. The number of carbonyl (C=O) groups is 4. The fourth-order valence-corrected chi connectivity index (χ4v) is 21.7. The van der Waals surface area contributed by atoms with Gasteiger partial charge in [0, 0.05) is 42.7 Å². The second-order valence-electron chi connectivity index (χ2n) is 34.0. The highest BCUT2D eigenvalue weighted by molar-refractivity contribution is 7.93. The number of aromatic amines is 2. The second kappa shape index (κ2) is 42.4. The molecule has 130 heavy (non-hydrogen) atoms. The number of amides is 2. The molecule has 5 unspecified atom stereocenters. The molecule has 3 fully saturated rings. The van der Waals surface area contributed by atoms with Crippen LogP contribution in [0.2, 0.25) is 0 Å². The molecule has 13 rings (SSSR count). The molecule has 1 saturated heterocycles. The topological polar surface area (TPSA) is 413 Å². The molecule has 0 spiro atoms. The van der Waals surface area contributed by atoms with Crippen LogP contribution in [0.15, 0.2) is 144 Å². The predicted octanol–water partition coefficient (Wildman–Crippen LogP) is 19.0. The Kier molecular flexibility index (Phi) is 31.5. The summed E-state index contributed by atoms with van der Waals surface area (Å²) < 4.78 is 145. The highest BCUT2D eigenvalue weighted by Gasteiger charge is 2.41. The van der Waals surface area contributed by atoms with Gasteiger partial charge < -0.3 is 47.9 Å². The highest BCUT2D eigenvalue weighted by atomic mass is 32.2.